The molecule has 1 aromatic rings. The molecule has 0 saturated carbocycles. The van der Waals surface area contributed by atoms with Crippen molar-refractivity contribution >= 4 is 21.9 Å². The van der Waals surface area contributed by atoms with E-state index in [1.165, 1.54) is 7.11 Å². The molecule has 0 saturated heterocycles. The van der Waals surface area contributed by atoms with E-state index in [4.69, 9.17) is 15.2 Å². The predicted molar refractivity (Wildman–Crippen MR) is 80.2 cm³/mol. The molecule has 0 bridgehead atoms. The van der Waals surface area contributed by atoms with E-state index in [2.05, 4.69) is 20.7 Å². The molecular formula is C14H20BrNO4. The first-order valence-corrected chi connectivity index (χ1v) is 7.26. The van der Waals surface area contributed by atoms with Crippen molar-refractivity contribution < 1.29 is 19.0 Å². The van der Waals surface area contributed by atoms with Crippen LogP contribution in [0.3, 0.4) is 0 Å². The molecule has 6 heteroatoms. The number of rotatable bonds is 8. The minimum absolute atomic E-state index is 0.194. The summed E-state index contributed by atoms with van der Waals surface area (Å²) in [4.78, 5) is 11.1. The number of hydrogen-bond donors (Lipinski definition) is 1. The van der Waals surface area contributed by atoms with E-state index < -0.39 is 0 Å². The molecule has 0 spiro atoms. The van der Waals surface area contributed by atoms with Crippen LogP contribution in [-0.2, 0) is 16.0 Å². The quantitative estimate of drug-likeness (QED) is 0.732. The number of carbonyl (C=O) groups is 1. The number of carbonyl (C=O) groups excluding carboxylic acids is 1. The van der Waals surface area contributed by atoms with E-state index in [9.17, 15) is 4.79 Å². The van der Waals surface area contributed by atoms with Crippen molar-refractivity contribution in [2.24, 2.45) is 5.73 Å². The van der Waals surface area contributed by atoms with E-state index in [0.29, 0.717) is 24.7 Å². The van der Waals surface area contributed by atoms with Crippen LogP contribution in [0.2, 0.25) is 0 Å². The Morgan fingerprint density at radius 2 is 2.10 bits per heavy atom. The predicted octanol–water partition coefficient (Wildman–Crippen LogP) is 2.29. The molecule has 20 heavy (non-hydrogen) atoms. The van der Waals surface area contributed by atoms with Crippen molar-refractivity contribution in [3.05, 3.63) is 22.2 Å². The molecule has 112 valence electrons. The van der Waals surface area contributed by atoms with Gasteiger partial charge in [0.25, 0.3) is 0 Å². The second-order valence-electron chi connectivity index (χ2n) is 4.05. The zero-order valence-electron chi connectivity index (χ0n) is 11.8. The number of esters is 1. The molecule has 0 atom stereocenters. The molecule has 5 nitrogen and oxygen atoms in total. The average molecular weight is 346 g/mol. The van der Waals surface area contributed by atoms with Crippen molar-refractivity contribution in [2.45, 2.75) is 19.8 Å². The molecule has 0 aliphatic carbocycles. The summed E-state index contributed by atoms with van der Waals surface area (Å²) in [5.41, 5.74) is 6.64. The molecule has 0 aliphatic heterocycles. The summed E-state index contributed by atoms with van der Waals surface area (Å²) in [5.74, 6) is 0.936. The first kappa shape index (κ1) is 16.8. The van der Waals surface area contributed by atoms with Gasteiger partial charge >= 0.3 is 5.97 Å². The summed E-state index contributed by atoms with van der Waals surface area (Å²) in [7, 11) is 1.35. The van der Waals surface area contributed by atoms with Crippen molar-refractivity contribution in [3.8, 4) is 11.5 Å². The van der Waals surface area contributed by atoms with Gasteiger partial charge in [-0.25, -0.2) is 0 Å². The molecule has 1 rings (SSSR count). The maximum Gasteiger partial charge on any atom is 0.308 e. The summed E-state index contributed by atoms with van der Waals surface area (Å²) < 4.78 is 16.6. The minimum Gasteiger partial charge on any atom is -0.490 e. The van der Waals surface area contributed by atoms with Crippen molar-refractivity contribution in [2.75, 3.05) is 26.9 Å². The molecule has 0 unspecified atom stereocenters. The van der Waals surface area contributed by atoms with Gasteiger partial charge in [0.1, 0.15) is 0 Å². The highest BCUT2D eigenvalue weighted by molar-refractivity contribution is 9.10. The number of nitrogens with two attached hydrogens (primary N) is 1. The summed E-state index contributed by atoms with van der Waals surface area (Å²) in [6.07, 6.45) is 0.959. The van der Waals surface area contributed by atoms with Crippen molar-refractivity contribution in [3.63, 3.8) is 0 Å². The number of halogens is 1. The van der Waals surface area contributed by atoms with E-state index in [1.807, 2.05) is 19.1 Å². The maximum absolute atomic E-state index is 11.1. The Morgan fingerprint density at radius 1 is 1.35 bits per heavy atom. The third kappa shape index (κ3) is 5.02. The van der Waals surface area contributed by atoms with Gasteiger partial charge in [-0.3, -0.25) is 4.79 Å². The fourth-order valence-electron chi connectivity index (χ4n) is 1.67. The van der Waals surface area contributed by atoms with Crippen LogP contribution in [0.4, 0.5) is 0 Å². The van der Waals surface area contributed by atoms with Gasteiger partial charge in [0.05, 0.1) is 31.2 Å². The normalized spacial score (nSPS) is 10.2. The highest BCUT2D eigenvalue weighted by Crippen LogP contribution is 2.37. The standard InChI is InChI=1S/C14H20BrNO4/c1-3-19-12-9-10(4-6-16)8-11(15)14(12)20-7-5-13(17)18-2/h8-9H,3-7,16H2,1-2H3. The van der Waals surface area contributed by atoms with Crippen LogP contribution in [0.25, 0.3) is 0 Å². The lowest BCUT2D eigenvalue weighted by molar-refractivity contribution is -0.141. The van der Waals surface area contributed by atoms with E-state index in [-0.39, 0.29) is 19.0 Å². The van der Waals surface area contributed by atoms with E-state index >= 15 is 0 Å². The molecule has 0 aromatic heterocycles. The van der Waals surface area contributed by atoms with Gasteiger partial charge in [-0.15, -0.1) is 0 Å². The SMILES string of the molecule is CCOc1cc(CCN)cc(Br)c1OCCC(=O)OC. The third-order valence-electron chi connectivity index (χ3n) is 2.58. The van der Waals surface area contributed by atoms with Crippen LogP contribution in [-0.4, -0.2) is 32.8 Å². The Kier molecular flexibility index (Phi) is 7.40. The van der Waals surface area contributed by atoms with Gasteiger partial charge in [0, 0.05) is 0 Å². The van der Waals surface area contributed by atoms with Gasteiger partial charge in [-0.1, -0.05) is 0 Å². The first-order chi connectivity index (χ1) is 9.62. The van der Waals surface area contributed by atoms with Crippen LogP contribution in [0.5, 0.6) is 11.5 Å². The molecule has 1 aromatic carbocycles. The summed E-state index contributed by atoms with van der Waals surface area (Å²) in [5, 5.41) is 0. The Hall–Kier alpha value is -1.27. The molecule has 0 heterocycles. The van der Waals surface area contributed by atoms with Crippen molar-refractivity contribution in [1.82, 2.24) is 0 Å². The highest BCUT2D eigenvalue weighted by atomic mass is 79.9. The Bertz CT molecular complexity index is 451. The topological polar surface area (TPSA) is 70.8 Å². The van der Waals surface area contributed by atoms with Crippen LogP contribution in [0.1, 0.15) is 18.9 Å². The van der Waals surface area contributed by atoms with Gasteiger partial charge < -0.3 is 19.9 Å². The smallest absolute Gasteiger partial charge is 0.308 e. The zero-order chi connectivity index (χ0) is 15.0. The molecule has 0 radical (unpaired) electrons. The first-order valence-electron chi connectivity index (χ1n) is 6.47. The largest absolute Gasteiger partial charge is 0.490 e. The van der Waals surface area contributed by atoms with Gasteiger partial charge in [-0.05, 0) is 53.5 Å². The number of methoxy groups -OCH3 is 1. The minimum atomic E-state index is -0.307. The molecule has 0 amide bonds. The lowest BCUT2D eigenvalue weighted by Crippen LogP contribution is -2.09. The summed E-state index contributed by atoms with van der Waals surface area (Å²) >= 11 is 3.46. The molecule has 2 N–H and O–H groups in total. The second kappa shape index (κ2) is 8.81. The van der Waals surface area contributed by atoms with E-state index in [1.54, 1.807) is 0 Å². The van der Waals surface area contributed by atoms with E-state index in [0.717, 1.165) is 16.5 Å². The van der Waals surface area contributed by atoms with Gasteiger partial charge in [-0.2, -0.15) is 0 Å². The summed E-state index contributed by atoms with van der Waals surface area (Å²) in [6, 6.07) is 3.86. The lowest BCUT2D eigenvalue weighted by atomic mass is 10.1. The Morgan fingerprint density at radius 3 is 2.70 bits per heavy atom. The fourth-order valence-corrected chi connectivity index (χ4v) is 2.28. The summed E-state index contributed by atoms with van der Waals surface area (Å²) in [6.45, 7) is 3.25. The molecular weight excluding hydrogens is 326 g/mol. The van der Waals surface area contributed by atoms with Gasteiger partial charge in [0.15, 0.2) is 11.5 Å². The maximum atomic E-state index is 11.1. The van der Waals surface area contributed by atoms with Crippen LogP contribution in [0, 0.1) is 0 Å². The van der Waals surface area contributed by atoms with Crippen LogP contribution >= 0.6 is 15.9 Å². The molecule has 0 aliphatic rings. The average Bonchev–Trinajstić information content (AvgIpc) is 2.42. The van der Waals surface area contributed by atoms with Gasteiger partial charge in [0.2, 0.25) is 0 Å². The van der Waals surface area contributed by atoms with Crippen molar-refractivity contribution in [1.29, 1.82) is 0 Å². The van der Waals surface area contributed by atoms with Crippen LogP contribution < -0.4 is 15.2 Å². The fraction of sp³-hybridized carbons (Fsp3) is 0.500. The number of hydrogen-bond acceptors (Lipinski definition) is 5. The number of benzene rings is 1. The van der Waals surface area contributed by atoms with Crippen LogP contribution in [0.15, 0.2) is 16.6 Å². The number of ether oxygens (including phenoxy) is 3. The molecule has 0 fully saturated rings. The Labute approximate surface area is 127 Å². The third-order valence-corrected chi connectivity index (χ3v) is 3.17. The Balaban J connectivity index is 2.84. The highest BCUT2D eigenvalue weighted by Gasteiger charge is 2.13. The monoisotopic (exact) mass is 345 g/mol. The lowest BCUT2D eigenvalue weighted by Gasteiger charge is -2.15. The zero-order valence-corrected chi connectivity index (χ0v) is 13.4. The second-order valence-corrected chi connectivity index (χ2v) is 4.91.